The first-order valence-corrected chi connectivity index (χ1v) is 21.2. The van der Waals surface area contributed by atoms with Gasteiger partial charge in [0.25, 0.3) is 0 Å². The minimum absolute atomic E-state index is 0.344. The van der Waals surface area contributed by atoms with Crippen molar-refractivity contribution >= 4 is 76.8 Å². The Morgan fingerprint density at radius 3 is 2.03 bits per heavy atom. The van der Waals surface area contributed by atoms with Gasteiger partial charge in [-0.3, -0.25) is 0 Å². The van der Waals surface area contributed by atoms with E-state index in [-0.39, 0.29) is 0 Å². The van der Waals surface area contributed by atoms with Crippen LogP contribution in [-0.4, -0.2) is 4.98 Å². The highest BCUT2D eigenvalue weighted by atomic mass is 32.1. The molecular formula is C55H36N2O2S. The largest absolute Gasteiger partial charge is 0.456 e. The summed E-state index contributed by atoms with van der Waals surface area (Å²) in [6, 6.07) is 64.3. The number of anilines is 2. The Bertz CT molecular complexity index is 3450. The van der Waals surface area contributed by atoms with Crippen molar-refractivity contribution in [1.82, 2.24) is 4.98 Å². The number of allylic oxidation sites excluding steroid dienone is 3. The summed E-state index contributed by atoms with van der Waals surface area (Å²) in [6.07, 6.45) is 7.91. The predicted octanol–water partition coefficient (Wildman–Crippen LogP) is 15.9. The lowest BCUT2D eigenvalue weighted by Crippen LogP contribution is -2.17. The smallest absolute Gasteiger partial charge is 0.143 e. The van der Waals surface area contributed by atoms with Crippen molar-refractivity contribution in [3.05, 3.63) is 211 Å². The molecule has 0 fully saturated rings. The molecule has 12 rings (SSSR count). The highest BCUT2D eigenvalue weighted by Crippen LogP contribution is 2.42. The van der Waals surface area contributed by atoms with Crippen LogP contribution in [0.15, 0.2) is 215 Å². The van der Waals surface area contributed by atoms with Gasteiger partial charge in [-0.05, 0) is 89.3 Å². The van der Waals surface area contributed by atoms with E-state index in [1.54, 1.807) is 11.3 Å². The molecule has 1 unspecified atom stereocenters. The van der Waals surface area contributed by atoms with Crippen molar-refractivity contribution in [1.29, 1.82) is 0 Å². The van der Waals surface area contributed by atoms with Crippen LogP contribution in [0.2, 0.25) is 0 Å². The molecule has 1 atom stereocenters. The molecule has 0 N–H and O–H groups in total. The van der Waals surface area contributed by atoms with Crippen LogP contribution in [0.25, 0.3) is 86.9 Å². The summed E-state index contributed by atoms with van der Waals surface area (Å²) in [5, 5.41) is 5.44. The number of nitrogens with zero attached hydrogens (tertiary/aromatic N) is 2. The number of hydrogen-bond acceptors (Lipinski definition) is 5. The highest BCUT2D eigenvalue weighted by Gasteiger charge is 2.20. The van der Waals surface area contributed by atoms with Crippen molar-refractivity contribution in [2.45, 2.75) is 12.3 Å². The molecule has 60 heavy (non-hydrogen) atoms. The van der Waals surface area contributed by atoms with Gasteiger partial charge < -0.3 is 13.7 Å². The van der Waals surface area contributed by atoms with Crippen molar-refractivity contribution < 1.29 is 8.83 Å². The summed E-state index contributed by atoms with van der Waals surface area (Å²) in [4.78, 5) is 7.46. The molecule has 0 bridgehead atoms. The van der Waals surface area contributed by atoms with Crippen LogP contribution in [-0.2, 0) is 0 Å². The Hall–Kier alpha value is -7.47. The molecule has 0 radical (unpaired) electrons. The molecule has 1 aliphatic carbocycles. The minimum atomic E-state index is 0.344. The number of hydrogen-bond donors (Lipinski definition) is 0. The summed E-state index contributed by atoms with van der Waals surface area (Å²) in [7, 11) is 0. The zero-order valence-corrected chi connectivity index (χ0v) is 33.3. The van der Waals surface area contributed by atoms with Crippen LogP contribution in [0.3, 0.4) is 0 Å². The first kappa shape index (κ1) is 34.6. The van der Waals surface area contributed by atoms with Crippen LogP contribution in [0.5, 0.6) is 0 Å². The molecule has 0 saturated carbocycles. The topological polar surface area (TPSA) is 42.4 Å². The van der Waals surface area contributed by atoms with Crippen molar-refractivity contribution in [3.8, 4) is 32.8 Å². The van der Waals surface area contributed by atoms with Gasteiger partial charge in [0, 0.05) is 50.3 Å². The quantitative estimate of drug-likeness (QED) is 0.161. The number of aromatic nitrogens is 1. The Labute approximate surface area is 350 Å². The van der Waals surface area contributed by atoms with E-state index in [1.807, 2.05) is 18.2 Å². The van der Waals surface area contributed by atoms with Crippen LogP contribution in [0, 0.1) is 0 Å². The van der Waals surface area contributed by atoms with Gasteiger partial charge in [-0.1, -0.05) is 140 Å². The second kappa shape index (κ2) is 14.1. The maximum atomic E-state index is 6.49. The summed E-state index contributed by atoms with van der Waals surface area (Å²) < 4.78 is 14.1. The molecule has 1 aliphatic rings. The third-order valence-corrected chi connectivity index (χ3v) is 12.9. The Balaban J connectivity index is 0.894. The molecule has 8 aromatic carbocycles. The normalized spacial score (nSPS) is 14.1. The van der Waals surface area contributed by atoms with Crippen LogP contribution >= 0.6 is 11.3 Å². The average Bonchev–Trinajstić information content (AvgIpc) is 4.04. The van der Waals surface area contributed by atoms with Gasteiger partial charge in [-0.15, -0.1) is 11.3 Å². The highest BCUT2D eigenvalue weighted by molar-refractivity contribution is 7.21. The van der Waals surface area contributed by atoms with Gasteiger partial charge in [0.05, 0.1) is 15.6 Å². The zero-order valence-electron chi connectivity index (χ0n) is 32.5. The van der Waals surface area contributed by atoms with Crippen LogP contribution < -0.4 is 4.90 Å². The maximum absolute atomic E-state index is 6.49. The van der Waals surface area contributed by atoms with Crippen molar-refractivity contribution in [2.24, 2.45) is 0 Å². The average molecular weight is 789 g/mol. The molecular weight excluding hydrogens is 753 g/mol. The van der Waals surface area contributed by atoms with E-state index in [0.717, 1.165) is 110 Å². The molecule has 284 valence electrons. The van der Waals surface area contributed by atoms with Crippen molar-refractivity contribution in [3.63, 3.8) is 0 Å². The monoisotopic (exact) mass is 788 g/mol. The lowest BCUT2D eigenvalue weighted by Gasteiger charge is -2.29. The van der Waals surface area contributed by atoms with Gasteiger partial charge in [0.1, 0.15) is 27.3 Å². The molecule has 0 spiro atoms. The third kappa shape index (κ3) is 5.85. The van der Waals surface area contributed by atoms with E-state index in [2.05, 4.69) is 187 Å². The second-order valence-corrected chi connectivity index (χ2v) is 16.5. The third-order valence-electron chi connectivity index (χ3n) is 11.9. The van der Waals surface area contributed by atoms with E-state index in [4.69, 9.17) is 13.8 Å². The molecule has 0 saturated heterocycles. The summed E-state index contributed by atoms with van der Waals surface area (Å²) in [5.41, 5.74) is 14.7. The van der Waals surface area contributed by atoms with E-state index < -0.39 is 0 Å². The SMILES string of the molecule is C1=CC(c2ccccc2)CC=C1N(c1ccc(-c2ccc3c(c2)oc2ccc4sc(-c5ccccc5)nc4c23)cc1)c1ccc(-c2cccc3c2oc2ccccc23)cc1. The molecule has 3 heterocycles. The number of fused-ring (bicyclic) bond motifs is 8. The number of benzene rings is 8. The van der Waals surface area contributed by atoms with Gasteiger partial charge in [0.2, 0.25) is 0 Å². The van der Waals surface area contributed by atoms with Gasteiger partial charge >= 0.3 is 0 Å². The number of thiazole rings is 1. The molecule has 4 nitrogen and oxygen atoms in total. The number of para-hydroxylation sites is 2. The fourth-order valence-electron chi connectivity index (χ4n) is 8.87. The van der Waals surface area contributed by atoms with E-state index >= 15 is 0 Å². The lowest BCUT2D eigenvalue weighted by molar-refractivity contribution is 0.669. The fraction of sp³-hybridized carbons (Fsp3) is 0.0364. The fourth-order valence-corrected chi connectivity index (χ4v) is 9.85. The van der Waals surface area contributed by atoms with Gasteiger partial charge in [-0.25, -0.2) is 4.98 Å². The predicted molar refractivity (Wildman–Crippen MR) is 250 cm³/mol. The first-order chi connectivity index (χ1) is 29.7. The Kier molecular flexibility index (Phi) is 8.13. The van der Waals surface area contributed by atoms with Crippen LogP contribution in [0.1, 0.15) is 17.9 Å². The first-order valence-electron chi connectivity index (χ1n) is 20.4. The van der Waals surface area contributed by atoms with E-state index in [0.29, 0.717) is 5.92 Å². The van der Waals surface area contributed by atoms with Crippen LogP contribution in [0.4, 0.5) is 11.4 Å². The molecule has 0 aliphatic heterocycles. The maximum Gasteiger partial charge on any atom is 0.143 e. The summed E-state index contributed by atoms with van der Waals surface area (Å²) in [6.45, 7) is 0. The molecule has 0 amide bonds. The summed E-state index contributed by atoms with van der Waals surface area (Å²) >= 11 is 1.72. The van der Waals surface area contributed by atoms with Crippen molar-refractivity contribution in [2.75, 3.05) is 4.90 Å². The van der Waals surface area contributed by atoms with E-state index in [1.165, 1.54) is 5.56 Å². The van der Waals surface area contributed by atoms with Gasteiger partial charge in [-0.2, -0.15) is 0 Å². The van der Waals surface area contributed by atoms with E-state index in [9.17, 15) is 0 Å². The standard InChI is InChI=1S/C55H36N2O2S/c1-3-10-35(11-4-1)36-18-25-41(26-19-36)57(43-29-22-38(23-30-43)44-15-9-16-46-45-14-7-8-17-48(45)59-54(44)46)42-27-20-37(21-28-42)40-24-31-47-50(34-40)58-49-32-33-51-53(52(47)49)56-55(60-51)39-12-5-2-6-13-39/h1-18,20-34,36H,19H2. The Morgan fingerprint density at radius 1 is 0.533 bits per heavy atom. The van der Waals surface area contributed by atoms with Gasteiger partial charge in [0.15, 0.2) is 0 Å². The number of rotatable bonds is 7. The molecule has 5 heteroatoms. The second-order valence-electron chi connectivity index (χ2n) is 15.4. The zero-order chi connectivity index (χ0) is 39.6. The molecule has 11 aromatic rings. The minimum Gasteiger partial charge on any atom is -0.456 e. The summed E-state index contributed by atoms with van der Waals surface area (Å²) in [5.74, 6) is 0.344. The number of furan rings is 2. The lowest BCUT2D eigenvalue weighted by atomic mass is 9.91. The Morgan fingerprint density at radius 2 is 1.25 bits per heavy atom. The molecule has 3 aromatic heterocycles.